The Morgan fingerprint density at radius 2 is 1.43 bits per heavy atom. The van der Waals surface area contributed by atoms with Crippen LogP contribution >= 0.6 is 0 Å². The minimum absolute atomic E-state index is 0.118. The van der Waals surface area contributed by atoms with E-state index in [1.165, 1.54) is 12.1 Å². The Morgan fingerprint density at radius 1 is 0.773 bits per heavy atom. The summed E-state index contributed by atoms with van der Waals surface area (Å²) >= 11 is 0. The predicted molar refractivity (Wildman–Crippen MR) is 141 cm³/mol. The molecule has 0 bridgehead atoms. The fraction of sp³-hybridized carbons (Fsp3) is 0.407. The lowest BCUT2D eigenvalue weighted by Gasteiger charge is -2.39. The van der Waals surface area contributed by atoms with Crippen LogP contribution in [0.15, 0.2) is 45.6 Å². The number of benzene rings is 2. The number of carboxylic acids is 1. The largest absolute Gasteiger partial charge is 0.507 e. The maximum Gasteiger partial charge on any atom is 0.335 e. The SMILES string of the molecule is O=C(O)[C@@H]1O[C@@H](Oc2cc(O)c3c(=O)cc(-c4ccc(O[C@H]5O[C@@H](CO)[C@H](O)[C@H](O)[C@@H]5O)c(O)c4)oc3c2)[C@@H](O)[C@H](O)[C@H]1O. The van der Waals surface area contributed by atoms with E-state index < -0.39 is 90.9 Å². The number of phenols is 2. The van der Waals surface area contributed by atoms with Gasteiger partial charge in [0.15, 0.2) is 23.0 Å². The third-order valence-electron chi connectivity index (χ3n) is 7.18. The number of fused-ring (bicyclic) bond motifs is 1. The Bertz CT molecular complexity index is 1590. The lowest BCUT2D eigenvalue weighted by atomic mass is 9.99. The van der Waals surface area contributed by atoms with Gasteiger partial charge in [-0.15, -0.1) is 0 Å². The number of phenolic OH excluding ortho intramolecular Hbond substituents is 2. The molecule has 0 saturated carbocycles. The molecule has 0 amide bonds. The molecule has 2 fully saturated rings. The molecule has 0 unspecified atom stereocenters. The topological polar surface area (TPSA) is 286 Å². The zero-order valence-corrected chi connectivity index (χ0v) is 22.3. The van der Waals surface area contributed by atoms with Gasteiger partial charge in [-0.25, -0.2) is 4.79 Å². The van der Waals surface area contributed by atoms with Gasteiger partial charge in [-0.3, -0.25) is 4.79 Å². The van der Waals surface area contributed by atoms with Gasteiger partial charge >= 0.3 is 5.97 Å². The van der Waals surface area contributed by atoms with Crippen molar-refractivity contribution < 1.29 is 79.2 Å². The molecule has 2 aliphatic rings. The van der Waals surface area contributed by atoms with Gasteiger partial charge in [0, 0.05) is 23.8 Å². The Morgan fingerprint density at radius 3 is 2.07 bits per heavy atom. The molecule has 10 atom stereocenters. The molecule has 238 valence electrons. The van der Waals surface area contributed by atoms with Crippen LogP contribution in [0.1, 0.15) is 0 Å². The summed E-state index contributed by atoms with van der Waals surface area (Å²) in [6, 6.07) is 6.76. The molecule has 44 heavy (non-hydrogen) atoms. The van der Waals surface area contributed by atoms with Gasteiger partial charge in [-0.05, 0) is 18.2 Å². The first-order chi connectivity index (χ1) is 20.8. The van der Waals surface area contributed by atoms with Crippen molar-refractivity contribution in [1.29, 1.82) is 0 Å². The maximum atomic E-state index is 12.9. The van der Waals surface area contributed by atoms with Crippen LogP contribution in [-0.4, -0.2) is 125 Å². The molecular weight excluding hydrogens is 596 g/mol. The van der Waals surface area contributed by atoms with E-state index >= 15 is 0 Å². The van der Waals surface area contributed by atoms with Crippen LogP contribution in [0.5, 0.6) is 23.0 Å². The number of carbonyl (C=O) groups is 1. The molecule has 3 heterocycles. The number of ether oxygens (including phenoxy) is 4. The van der Waals surface area contributed by atoms with Crippen LogP contribution in [-0.2, 0) is 14.3 Å². The van der Waals surface area contributed by atoms with Crippen molar-refractivity contribution in [3.63, 3.8) is 0 Å². The lowest BCUT2D eigenvalue weighted by molar-refractivity contribution is -0.277. The van der Waals surface area contributed by atoms with E-state index in [-0.39, 0.29) is 33.8 Å². The van der Waals surface area contributed by atoms with E-state index in [4.69, 9.17) is 23.4 Å². The van der Waals surface area contributed by atoms with Gasteiger partial charge in [-0.2, -0.15) is 0 Å². The molecule has 17 heteroatoms. The van der Waals surface area contributed by atoms with Crippen LogP contribution in [0.2, 0.25) is 0 Å². The van der Waals surface area contributed by atoms with Gasteiger partial charge in [0.05, 0.1) is 6.61 Å². The third kappa shape index (κ3) is 5.75. The molecule has 5 rings (SSSR count). The number of aromatic hydroxyl groups is 2. The summed E-state index contributed by atoms with van der Waals surface area (Å²) in [7, 11) is 0. The van der Waals surface area contributed by atoms with E-state index in [0.29, 0.717) is 0 Å². The molecule has 3 aromatic rings. The summed E-state index contributed by atoms with van der Waals surface area (Å²) in [6.07, 6.45) is -17.5. The highest BCUT2D eigenvalue weighted by Gasteiger charge is 2.48. The Hall–Kier alpha value is -4.04. The molecule has 17 nitrogen and oxygen atoms in total. The lowest BCUT2D eigenvalue weighted by Crippen LogP contribution is -2.61. The Labute approximate surface area is 245 Å². The van der Waals surface area contributed by atoms with E-state index in [2.05, 4.69) is 0 Å². The second-order valence-corrected chi connectivity index (χ2v) is 10.1. The van der Waals surface area contributed by atoms with Crippen molar-refractivity contribution in [3.05, 3.63) is 46.6 Å². The Balaban J connectivity index is 1.41. The monoisotopic (exact) mass is 624 g/mol. The minimum Gasteiger partial charge on any atom is -0.507 e. The smallest absolute Gasteiger partial charge is 0.335 e. The number of hydrogen-bond donors (Lipinski definition) is 10. The van der Waals surface area contributed by atoms with E-state index in [9.17, 15) is 60.7 Å². The molecule has 2 aromatic carbocycles. The van der Waals surface area contributed by atoms with E-state index in [0.717, 1.165) is 24.3 Å². The quantitative estimate of drug-likeness (QED) is 0.128. The summed E-state index contributed by atoms with van der Waals surface area (Å²) in [4.78, 5) is 24.2. The first kappa shape index (κ1) is 31.4. The Kier molecular flexibility index (Phi) is 8.67. The molecule has 1 aromatic heterocycles. The fourth-order valence-corrected chi connectivity index (χ4v) is 4.80. The number of aliphatic hydroxyl groups excluding tert-OH is 7. The summed E-state index contributed by atoms with van der Waals surface area (Å²) < 4.78 is 26.9. The minimum atomic E-state index is -1.96. The first-order valence-electron chi connectivity index (χ1n) is 13.0. The molecule has 0 radical (unpaired) electrons. The van der Waals surface area contributed by atoms with Crippen molar-refractivity contribution in [2.75, 3.05) is 6.61 Å². The highest BCUT2D eigenvalue weighted by atomic mass is 16.7. The number of rotatable bonds is 7. The summed E-state index contributed by atoms with van der Waals surface area (Å²) in [5, 5.41) is 99.5. The second kappa shape index (κ2) is 12.2. The number of aliphatic carboxylic acids is 1. The molecule has 2 saturated heterocycles. The molecular formula is C27H28O17. The maximum absolute atomic E-state index is 12.9. The number of carboxylic acid groups (broad SMARTS) is 1. The number of aliphatic hydroxyl groups is 7. The van der Waals surface area contributed by atoms with Crippen LogP contribution in [0, 0.1) is 0 Å². The summed E-state index contributed by atoms with van der Waals surface area (Å²) in [6.45, 7) is -0.693. The van der Waals surface area contributed by atoms with Gasteiger partial charge in [0.25, 0.3) is 0 Å². The van der Waals surface area contributed by atoms with Gasteiger partial charge in [-0.1, -0.05) is 0 Å². The summed E-state index contributed by atoms with van der Waals surface area (Å²) in [5.41, 5.74) is -0.838. The third-order valence-corrected chi connectivity index (χ3v) is 7.18. The first-order valence-corrected chi connectivity index (χ1v) is 13.0. The molecule has 0 aliphatic carbocycles. The van der Waals surface area contributed by atoms with Crippen LogP contribution < -0.4 is 14.9 Å². The second-order valence-electron chi connectivity index (χ2n) is 10.1. The molecule has 10 N–H and O–H groups in total. The van der Waals surface area contributed by atoms with E-state index in [1.807, 2.05) is 0 Å². The predicted octanol–water partition coefficient (Wildman–Crippen LogP) is -2.68. The zero-order chi connectivity index (χ0) is 32.0. The van der Waals surface area contributed by atoms with Crippen molar-refractivity contribution in [3.8, 4) is 34.3 Å². The zero-order valence-electron chi connectivity index (χ0n) is 22.3. The molecule has 0 spiro atoms. The standard InChI is InChI=1S/C27H28O17/c28-7-16-18(32)19(33)22(36)27(43-16)42-13-2-1-8(3-10(13)29)14-6-12(31)17-11(30)4-9(5-15(17)41-14)40-26-23(37)20(34)21(35)24(44-26)25(38)39/h1-6,16,18-24,26-30,32-37H,7H2,(H,38,39)/t16-,18-,19-,20+,21+,22-,23-,24+,26+,27-/m0/s1. The normalized spacial score (nSPS) is 32.3. The van der Waals surface area contributed by atoms with Gasteiger partial charge in [0.2, 0.25) is 12.6 Å². The number of hydrogen-bond acceptors (Lipinski definition) is 16. The van der Waals surface area contributed by atoms with Gasteiger partial charge in [0.1, 0.15) is 71.0 Å². The van der Waals surface area contributed by atoms with Crippen molar-refractivity contribution in [2.45, 2.75) is 61.4 Å². The van der Waals surface area contributed by atoms with Crippen LogP contribution in [0.25, 0.3) is 22.3 Å². The average molecular weight is 625 g/mol. The van der Waals surface area contributed by atoms with E-state index in [1.54, 1.807) is 0 Å². The van der Waals surface area contributed by atoms with Crippen molar-refractivity contribution in [2.24, 2.45) is 0 Å². The average Bonchev–Trinajstić information content (AvgIpc) is 2.97. The molecule has 2 aliphatic heterocycles. The summed E-state index contributed by atoms with van der Waals surface area (Å²) in [5.74, 6) is -3.43. The van der Waals surface area contributed by atoms with Crippen LogP contribution in [0.3, 0.4) is 0 Å². The fourth-order valence-electron chi connectivity index (χ4n) is 4.80. The van der Waals surface area contributed by atoms with Crippen molar-refractivity contribution >= 4 is 16.9 Å². The van der Waals surface area contributed by atoms with Crippen molar-refractivity contribution in [1.82, 2.24) is 0 Å². The highest BCUT2D eigenvalue weighted by Crippen LogP contribution is 2.37. The van der Waals surface area contributed by atoms with Crippen LogP contribution in [0.4, 0.5) is 0 Å². The van der Waals surface area contributed by atoms with Gasteiger partial charge < -0.3 is 74.4 Å². The highest BCUT2D eigenvalue weighted by molar-refractivity contribution is 5.86.